The van der Waals surface area contributed by atoms with Gasteiger partial charge in [0.05, 0.1) is 16.4 Å². The van der Waals surface area contributed by atoms with Crippen LogP contribution in [0.1, 0.15) is 6.42 Å². The second-order valence-electron chi connectivity index (χ2n) is 4.21. The Kier molecular flexibility index (Phi) is 5.09. The molecule has 0 saturated carbocycles. The van der Waals surface area contributed by atoms with Crippen LogP contribution in [0.3, 0.4) is 0 Å². The Bertz CT molecular complexity index is 635. The van der Waals surface area contributed by atoms with Gasteiger partial charge in [-0.2, -0.15) is 12.6 Å². The molecule has 0 radical (unpaired) electrons. The van der Waals surface area contributed by atoms with Crippen molar-refractivity contribution >= 4 is 22.5 Å². The van der Waals surface area contributed by atoms with Gasteiger partial charge in [-0.15, -0.1) is 0 Å². The molecule has 3 nitrogen and oxygen atoms in total. The van der Waals surface area contributed by atoms with Crippen LogP contribution >= 0.6 is 12.6 Å². The van der Waals surface area contributed by atoms with Gasteiger partial charge in [0, 0.05) is 0 Å². The fraction of sp³-hybridized carbons (Fsp3) is 0.200. The van der Waals surface area contributed by atoms with E-state index in [4.69, 9.17) is 4.74 Å². The number of benzene rings is 2. The Hall–Kier alpha value is -1.46. The lowest BCUT2D eigenvalue weighted by Crippen LogP contribution is -2.02. The molecule has 0 aromatic heterocycles. The van der Waals surface area contributed by atoms with Gasteiger partial charge in [-0.3, -0.25) is 0 Å². The second kappa shape index (κ2) is 6.81. The van der Waals surface area contributed by atoms with E-state index in [1.807, 2.05) is 0 Å². The molecular formula is C15H16O3S2. The number of sulfone groups is 1. The summed E-state index contributed by atoms with van der Waals surface area (Å²) in [7, 11) is -3.45. The van der Waals surface area contributed by atoms with E-state index in [2.05, 4.69) is 12.6 Å². The Morgan fingerprint density at radius 1 is 0.900 bits per heavy atom. The summed E-state index contributed by atoms with van der Waals surface area (Å²) < 4.78 is 30.2. The van der Waals surface area contributed by atoms with Gasteiger partial charge in [-0.05, 0) is 48.6 Å². The average Bonchev–Trinajstić information content (AvgIpc) is 2.49. The molecular weight excluding hydrogens is 292 g/mol. The summed E-state index contributed by atoms with van der Waals surface area (Å²) in [4.78, 5) is 0.564. The average molecular weight is 308 g/mol. The molecule has 0 heterocycles. The molecule has 20 heavy (non-hydrogen) atoms. The zero-order chi connectivity index (χ0) is 14.4. The molecule has 0 amide bonds. The van der Waals surface area contributed by atoms with Crippen molar-refractivity contribution in [3.63, 3.8) is 0 Å². The molecule has 2 rings (SSSR count). The third-order valence-electron chi connectivity index (χ3n) is 2.76. The summed E-state index contributed by atoms with van der Waals surface area (Å²) in [6.45, 7) is 0.578. The first-order chi connectivity index (χ1) is 9.64. The standard InChI is InChI=1S/C15H16O3S2/c16-20(17,14-5-2-1-3-6-14)15-9-7-13(8-10-15)18-11-4-12-19/h1-3,5-10,19H,4,11-12H2. The maximum Gasteiger partial charge on any atom is 0.206 e. The lowest BCUT2D eigenvalue weighted by atomic mass is 10.3. The van der Waals surface area contributed by atoms with E-state index >= 15 is 0 Å². The van der Waals surface area contributed by atoms with Crippen LogP contribution in [0.5, 0.6) is 5.75 Å². The minimum absolute atomic E-state index is 0.269. The molecule has 0 aliphatic heterocycles. The molecule has 0 atom stereocenters. The highest BCUT2D eigenvalue weighted by Crippen LogP contribution is 2.22. The van der Waals surface area contributed by atoms with Crippen LogP contribution in [0, 0.1) is 0 Å². The largest absolute Gasteiger partial charge is 0.494 e. The fourth-order valence-corrected chi connectivity index (χ4v) is 3.12. The molecule has 106 valence electrons. The number of thiol groups is 1. The monoisotopic (exact) mass is 308 g/mol. The highest BCUT2D eigenvalue weighted by Gasteiger charge is 2.16. The van der Waals surface area contributed by atoms with Gasteiger partial charge >= 0.3 is 0 Å². The Morgan fingerprint density at radius 3 is 2.10 bits per heavy atom. The second-order valence-corrected chi connectivity index (χ2v) is 6.61. The number of ether oxygens (including phenoxy) is 1. The molecule has 0 saturated heterocycles. The Morgan fingerprint density at radius 2 is 1.50 bits per heavy atom. The normalized spacial score (nSPS) is 11.2. The van der Waals surface area contributed by atoms with Crippen molar-refractivity contribution in [3.8, 4) is 5.75 Å². The van der Waals surface area contributed by atoms with Crippen molar-refractivity contribution in [2.45, 2.75) is 16.2 Å². The first kappa shape index (κ1) is 14.9. The Labute approximate surface area is 124 Å². The third kappa shape index (κ3) is 3.55. The van der Waals surface area contributed by atoms with Crippen molar-refractivity contribution < 1.29 is 13.2 Å². The zero-order valence-electron chi connectivity index (χ0n) is 10.9. The predicted molar refractivity (Wildman–Crippen MR) is 82.3 cm³/mol. The summed E-state index contributed by atoms with van der Waals surface area (Å²) in [6, 6.07) is 14.9. The van der Waals surface area contributed by atoms with Gasteiger partial charge in [0.25, 0.3) is 0 Å². The highest BCUT2D eigenvalue weighted by atomic mass is 32.2. The molecule has 0 fully saturated rings. The van der Waals surface area contributed by atoms with Crippen molar-refractivity contribution in [1.29, 1.82) is 0 Å². The molecule has 0 aliphatic carbocycles. The third-order valence-corrected chi connectivity index (χ3v) is 4.86. The number of hydrogen-bond donors (Lipinski definition) is 1. The topological polar surface area (TPSA) is 43.4 Å². The number of rotatable bonds is 6. The molecule has 0 spiro atoms. The van der Waals surface area contributed by atoms with E-state index < -0.39 is 9.84 Å². The maximum atomic E-state index is 12.4. The van der Waals surface area contributed by atoms with Crippen LogP contribution in [0.15, 0.2) is 64.4 Å². The number of hydrogen-bond acceptors (Lipinski definition) is 4. The van der Waals surface area contributed by atoms with Crippen LogP contribution < -0.4 is 4.74 Å². The Balaban J connectivity index is 2.17. The summed E-state index contributed by atoms with van der Waals surface area (Å²) >= 11 is 4.10. The van der Waals surface area contributed by atoms with Gasteiger partial charge < -0.3 is 4.74 Å². The first-order valence-electron chi connectivity index (χ1n) is 6.28. The van der Waals surface area contributed by atoms with E-state index in [9.17, 15) is 8.42 Å². The van der Waals surface area contributed by atoms with Crippen LogP contribution in [0.25, 0.3) is 0 Å². The minimum Gasteiger partial charge on any atom is -0.494 e. The van der Waals surface area contributed by atoms with Gasteiger partial charge in [0.15, 0.2) is 0 Å². The summed E-state index contributed by atoms with van der Waals surface area (Å²) in [5.41, 5.74) is 0. The van der Waals surface area contributed by atoms with E-state index in [-0.39, 0.29) is 4.90 Å². The van der Waals surface area contributed by atoms with Gasteiger partial charge in [0.2, 0.25) is 9.84 Å². The molecule has 2 aromatic carbocycles. The van der Waals surface area contributed by atoms with Gasteiger partial charge in [-0.1, -0.05) is 18.2 Å². The smallest absolute Gasteiger partial charge is 0.206 e. The maximum absolute atomic E-state index is 12.4. The summed E-state index contributed by atoms with van der Waals surface area (Å²) in [5, 5.41) is 0. The first-order valence-corrected chi connectivity index (χ1v) is 8.40. The molecule has 0 bridgehead atoms. The molecule has 0 unspecified atom stereocenters. The molecule has 0 aliphatic rings. The highest BCUT2D eigenvalue weighted by molar-refractivity contribution is 7.91. The zero-order valence-corrected chi connectivity index (χ0v) is 12.6. The van der Waals surface area contributed by atoms with Crippen molar-refractivity contribution in [2.24, 2.45) is 0 Å². The van der Waals surface area contributed by atoms with Gasteiger partial charge in [0.1, 0.15) is 5.75 Å². The minimum atomic E-state index is -3.45. The van der Waals surface area contributed by atoms with Gasteiger partial charge in [-0.25, -0.2) is 8.42 Å². The van der Waals surface area contributed by atoms with E-state index in [1.165, 1.54) is 0 Å². The van der Waals surface area contributed by atoms with Crippen LogP contribution in [0.2, 0.25) is 0 Å². The predicted octanol–water partition coefficient (Wildman–Crippen LogP) is 3.22. The van der Waals surface area contributed by atoms with Crippen LogP contribution in [-0.2, 0) is 9.84 Å². The van der Waals surface area contributed by atoms with Crippen molar-refractivity contribution in [2.75, 3.05) is 12.4 Å². The van der Waals surface area contributed by atoms with Crippen molar-refractivity contribution in [1.82, 2.24) is 0 Å². The molecule has 5 heteroatoms. The molecule has 2 aromatic rings. The fourth-order valence-electron chi connectivity index (χ4n) is 1.71. The van der Waals surface area contributed by atoms with E-state index in [1.54, 1.807) is 54.6 Å². The lowest BCUT2D eigenvalue weighted by molar-refractivity contribution is 0.318. The van der Waals surface area contributed by atoms with E-state index in [0.29, 0.717) is 17.3 Å². The van der Waals surface area contributed by atoms with E-state index in [0.717, 1.165) is 12.2 Å². The van der Waals surface area contributed by atoms with Crippen LogP contribution in [0.4, 0.5) is 0 Å². The molecule has 0 N–H and O–H groups in total. The summed E-state index contributed by atoms with van der Waals surface area (Å²) in [6.07, 6.45) is 0.854. The van der Waals surface area contributed by atoms with Crippen LogP contribution in [-0.4, -0.2) is 20.8 Å². The summed E-state index contributed by atoms with van der Waals surface area (Å²) in [5.74, 6) is 1.43. The van der Waals surface area contributed by atoms with Crippen molar-refractivity contribution in [3.05, 3.63) is 54.6 Å². The lowest BCUT2D eigenvalue weighted by Gasteiger charge is -2.07. The quantitative estimate of drug-likeness (QED) is 0.658. The SMILES string of the molecule is O=S(=O)(c1ccccc1)c1ccc(OCCCS)cc1.